The van der Waals surface area contributed by atoms with Crippen molar-refractivity contribution in [3.63, 3.8) is 0 Å². The van der Waals surface area contributed by atoms with E-state index in [2.05, 4.69) is 15.9 Å². The Morgan fingerprint density at radius 3 is 2.58 bits per heavy atom. The molecule has 1 aromatic rings. The number of aliphatic carboxylic acids is 1. The third-order valence-electron chi connectivity index (χ3n) is 3.01. The molecule has 0 fully saturated rings. The zero-order valence-corrected chi connectivity index (χ0v) is 13.0. The molecular formula is C13H19BrN2O3. The van der Waals surface area contributed by atoms with Crippen LogP contribution >= 0.6 is 15.9 Å². The Labute approximate surface area is 121 Å². The Hall–Kier alpha value is -1.30. The van der Waals surface area contributed by atoms with Gasteiger partial charge < -0.3 is 14.6 Å². The zero-order valence-electron chi connectivity index (χ0n) is 11.4. The highest BCUT2D eigenvalue weighted by Gasteiger charge is 2.27. The van der Waals surface area contributed by atoms with Gasteiger partial charge in [0.05, 0.1) is 0 Å². The van der Waals surface area contributed by atoms with Crippen molar-refractivity contribution in [2.45, 2.75) is 39.3 Å². The lowest BCUT2D eigenvalue weighted by Gasteiger charge is -2.24. The smallest absolute Gasteiger partial charge is 0.326 e. The fourth-order valence-corrected chi connectivity index (χ4v) is 2.48. The molecule has 6 heteroatoms. The summed E-state index contributed by atoms with van der Waals surface area (Å²) < 4.78 is 2.67. The van der Waals surface area contributed by atoms with Crippen LogP contribution < -0.4 is 0 Å². The number of halogens is 1. The fourth-order valence-electron chi connectivity index (χ4n) is 2.02. The maximum Gasteiger partial charge on any atom is 0.326 e. The number of nitrogens with zero attached hydrogens (tertiary/aromatic N) is 2. The minimum absolute atomic E-state index is 0.270. The fraction of sp³-hybridized carbons (Fsp3) is 0.538. The molecule has 0 aliphatic heterocycles. The molecule has 5 nitrogen and oxygen atoms in total. The quantitative estimate of drug-likeness (QED) is 0.871. The largest absolute Gasteiger partial charge is 0.480 e. The van der Waals surface area contributed by atoms with E-state index < -0.39 is 12.0 Å². The van der Waals surface area contributed by atoms with Gasteiger partial charge in [0.15, 0.2) is 0 Å². The van der Waals surface area contributed by atoms with Crippen molar-refractivity contribution in [1.82, 2.24) is 9.47 Å². The number of hydrogen-bond donors (Lipinski definition) is 1. The number of amides is 1. The van der Waals surface area contributed by atoms with E-state index >= 15 is 0 Å². The summed E-state index contributed by atoms with van der Waals surface area (Å²) >= 11 is 3.35. The number of likely N-dealkylation sites (N-methyl/N-ethyl adjacent to an activating group) is 1. The van der Waals surface area contributed by atoms with Gasteiger partial charge in [-0.05, 0) is 34.8 Å². The van der Waals surface area contributed by atoms with Crippen LogP contribution in [0.25, 0.3) is 0 Å². The third-order valence-corrected chi connectivity index (χ3v) is 3.44. The molecule has 0 bridgehead atoms. The second-order valence-corrected chi connectivity index (χ2v) is 5.33. The van der Waals surface area contributed by atoms with Crippen molar-refractivity contribution >= 4 is 27.8 Å². The number of aromatic nitrogens is 1. The van der Waals surface area contributed by atoms with Gasteiger partial charge in [0, 0.05) is 24.3 Å². The standard InChI is InChI=1S/C13H19BrN2O3/c1-4-6-16-8-9(14)7-11(16)12(17)15(3)10(5-2)13(18)19/h7-8,10H,4-6H2,1-3H3,(H,18,19). The van der Waals surface area contributed by atoms with E-state index in [1.54, 1.807) is 13.0 Å². The average Bonchev–Trinajstić information content (AvgIpc) is 2.70. The molecule has 19 heavy (non-hydrogen) atoms. The first kappa shape index (κ1) is 15.8. The molecule has 106 valence electrons. The lowest BCUT2D eigenvalue weighted by atomic mass is 10.2. The highest BCUT2D eigenvalue weighted by Crippen LogP contribution is 2.18. The molecular weight excluding hydrogens is 312 g/mol. The lowest BCUT2D eigenvalue weighted by Crippen LogP contribution is -2.42. The number of carbonyl (C=O) groups is 2. The van der Waals surface area contributed by atoms with Crippen LogP contribution in [0.15, 0.2) is 16.7 Å². The van der Waals surface area contributed by atoms with Crippen LogP contribution in [0, 0.1) is 0 Å². The molecule has 1 rings (SSSR count). The monoisotopic (exact) mass is 330 g/mol. The Morgan fingerprint density at radius 1 is 1.47 bits per heavy atom. The summed E-state index contributed by atoms with van der Waals surface area (Å²) in [6.45, 7) is 4.51. The maximum absolute atomic E-state index is 12.4. The first-order chi connectivity index (χ1) is 8.92. The average molecular weight is 331 g/mol. The summed E-state index contributed by atoms with van der Waals surface area (Å²) in [6, 6.07) is 0.930. The number of carboxylic acid groups (broad SMARTS) is 1. The van der Waals surface area contributed by atoms with Gasteiger partial charge in [-0.25, -0.2) is 4.79 Å². The molecule has 0 aromatic carbocycles. The predicted molar refractivity (Wildman–Crippen MR) is 76.2 cm³/mol. The Kier molecular flexibility index (Phi) is 5.60. The lowest BCUT2D eigenvalue weighted by molar-refractivity contribution is -0.142. The minimum atomic E-state index is -0.981. The Morgan fingerprint density at radius 2 is 2.11 bits per heavy atom. The second kappa shape index (κ2) is 6.75. The summed E-state index contributed by atoms with van der Waals surface area (Å²) in [5.74, 6) is -1.25. The highest BCUT2D eigenvalue weighted by atomic mass is 79.9. The highest BCUT2D eigenvalue weighted by molar-refractivity contribution is 9.10. The molecule has 0 radical (unpaired) electrons. The van der Waals surface area contributed by atoms with Crippen molar-refractivity contribution in [3.8, 4) is 0 Å². The number of rotatable bonds is 6. The number of aryl methyl sites for hydroxylation is 1. The SMILES string of the molecule is CCCn1cc(Br)cc1C(=O)N(C)C(CC)C(=O)O. The van der Waals surface area contributed by atoms with Crippen LogP contribution in [-0.2, 0) is 11.3 Å². The van der Waals surface area contributed by atoms with Crippen LogP contribution in [0.4, 0.5) is 0 Å². The number of carboxylic acids is 1. The van der Waals surface area contributed by atoms with E-state index in [0.717, 1.165) is 17.4 Å². The van der Waals surface area contributed by atoms with Gasteiger partial charge in [0.25, 0.3) is 5.91 Å². The minimum Gasteiger partial charge on any atom is -0.480 e. The van der Waals surface area contributed by atoms with Crippen LogP contribution in [0.1, 0.15) is 37.2 Å². The van der Waals surface area contributed by atoms with Crippen molar-refractivity contribution in [3.05, 3.63) is 22.4 Å². The topological polar surface area (TPSA) is 62.5 Å². The summed E-state index contributed by atoms with van der Waals surface area (Å²) in [7, 11) is 1.53. The molecule has 0 aliphatic rings. The zero-order chi connectivity index (χ0) is 14.6. The molecule has 0 spiro atoms. The van der Waals surface area contributed by atoms with Crippen molar-refractivity contribution in [2.24, 2.45) is 0 Å². The summed E-state index contributed by atoms with van der Waals surface area (Å²) in [5.41, 5.74) is 0.510. The van der Waals surface area contributed by atoms with Gasteiger partial charge >= 0.3 is 5.97 Å². The van der Waals surface area contributed by atoms with Gasteiger partial charge in [0.1, 0.15) is 11.7 Å². The van der Waals surface area contributed by atoms with Crippen LogP contribution in [0.2, 0.25) is 0 Å². The first-order valence-corrected chi connectivity index (χ1v) is 7.07. The predicted octanol–water partition coefficient (Wildman–Crippen LogP) is 2.60. The van der Waals surface area contributed by atoms with Crippen LogP contribution in [0.5, 0.6) is 0 Å². The second-order valence-electron chi connectivity index (χ2n) is 4.42. The van der Waals surface area contributed by atoms with E-state index in [1.165, 1.54) is 11.9 Å². The first-order valence-electron chi connectivity index (χ1n) is 6.28. The van der Waals surface area contributed by atoms with Gasteiger partial charge in [-0.15, -0.1) is 0 Å². The van der Waals surface area contributed by atoms with Crippen molar-refractivity contribution < 1.29 is 14.7 Å². The third kappa shape index (κ3) is 3.59. The van der Waals surface area contributed by atoms with Gasteiger partial charge in [-0.2, -0.15) is 0 Å². The number of carbonyl (C=O) groups excluding carboxylic acids is 1. The molecule has 1 aromatic heterocycles. The Balaban J connectivity index is 3.02. The normalized spacial score (nSPS) is 12.2. The molecule has 1 amide bonds. The molecule has 1 atom stereocenters. The van der Waals surface area contributed by atoms with E-state index in [0.29, 0.717) is 12.1 Å². The van der Waals surface area contributed by atoms with E-state index in [4.69, 9.17) is 5.11 Å². The van der Waals surface area contributed by atoms with Gasteiger partial charge in [0.2, 0.25) is 0 Å². The summed E-state index contributed by atoms with van der Waals surface area (Å²) in [6.07, 6.45) is 3.13. The van der Waals surface area contributed by atoms with Crippen molar-refractivity contribution in [1.29, 1.82) is 0 Å². The summed E-state index contributed by atoms with van der Waals surface area (Å²) in [5, 5.41) is 9.11. The van der Waals surface area contributed by atoms with Crippen molar-refractivity contribution in [2.75, 3.05) is 7.05 Å². The molecule has 0 aliphatic carbocycles. The molecule has 0 saturated carbocycles. The van der Waals surface area contributed by atoms with Gasteiger partial charge in [-0.1, -0.05) is 13.8 Å². The summed E-state index contributed by atoms with van der Waals surface area (Å²) in [4.78, 5) is 24.8. The van der Waals surface area contributed by atoms with Crippen LogP contribution in [-0.4, -0.2) is 39.5 Å². The van der Waals surface area contributed by atoms with Crippen LogP contribution in [0.3, 0.4) is 0 Å². The van der Waals surface area contributed by atoms with E-state index in [9.17, 15) is 9.59 Å². The Bertz CT molecular complexity index is 470. The van der Waals surface area contributed by atoms with Gasteiger partial charge in [-0.3, -0.25) is 4.79 Å². The molecule has 0 saturated heterocycles. The molecule has 1 heterocycles. The molecule has 1 unspecified atom stereocenters. The van der Waals surface area contributed by atoms with E-state index in [1.807, 2.05) is 17.7 Å². The van der Waals surface area contributed by atoms with E-state index in [-0.39, 0.29) is 5.91 Å². The maximum atomic E-state index is 12.4. The number of hydrogen-bond acceptors (Lipinski definition) is 2. The molecule has 1 N–H and O–H groups in total.